The van der Waals surface area contributed by atoms with Gasteiger partial charge in [-0.15, -0.1) is 0 Å². The standard InChI is InChI=1S/C12H23N3O2/c1-4-9(2)15(10(3)16)8-7-13-12(17)14-11-5-6-11/h9,11H,4-8H2,1-3H3,(H2,13,14,17). The van der Waals surface area contributed by atoms with Crippen molar-refractivity contribution in [1.29, 1.82) is 0 Å². The van der Waals surface area contributed by atoms with Gasteiger partial charge in [-0.2, -0.15) is 0 Å². The number of carbonyl (C=O) groups excluding carboxylic acids is 2. The molecular formula is C12H23N3O2. The zero-order chi connectivity index (χ0) is 12.8. The molecule has 1 rings (SSSR count). The molecule has 0 heterocycles. The molecule has 1 atom stereocenters. The van der Waals surface area contributed by atoms with Crippen LogP contribution in [0.3, 0.4) is 0 Å². The molecule has 5 heteroatoms. The Morgan fingerprint density at radius 2 is 2.06 bits per heavy atom. The van der Waals surface area contributed by atoms with Gasteiger partial charge in [-0.1, -0.05) is 6.92 Å². The third-order valence-corrected chi connectivity index (χ3v) is 3.08. The van der Waals surface area contributed by atoms with Gasteiger partial charge in [0.25, 0.3) is 0 Å². The third kappa shape index (κ3) is 5.06. The van der Waals surface area contributed by atoms with E-state index in [1.165, 1.54) is 0 Å². The number of nitrogens with one attached hydrogen (secondary N) is 2. The van der Waals surface area contributed by atoms with Crippen molar-refractivity contribution in [3.8, 4) is 0 Å². The molecule has 1 unspecified atom stereocenters. The largest absolute Gasteiger partial charge is 0.338 e. The number of carbonyl (C=O) groups is 2. The van der Waals surface area contributed by atoms with Crippen LogP contribution in [-0.4, -0.2) is 42.0 Å². The summed E-state index contributed by atoms with van der Waals surface area (Å²) in [5, 5.41) is 5.62. The van der Waals surface area contributed by atoms with E-state index in [-0.39, 0.29) is 18.0 Å². The molecule has 1 fully saturated rings. The lowest BCUT2D eigenvalue weighted by molar-refractivity contribution is -0.130. The van der Waals surface area contributed by atoms with Gasteiger partial charge in [0.1, 0.15) is 0 Å². The molecule has 0 aromatic carbocycles. The molecule has 0 saturated heterocycles. The van der Waals surface area contributed by atoms with Gasteiger partial charge < -0.3 is 15.5 Å². The zero-order valence-electron chi connectivity index (χ0n) is 11.0. The number of hydrogen-bond acceptors (Lipinski definition) is 2. The first-order chi connectivity index (χ1) is 8.04. The van der Waals surface area contributed by atoms with Crippen LogP contribution in [0.4, 0.5) is 4.79 Å². The van der Waals surface area contributed by atoms with E-state index in [2.05, 4.69) is 10.6 Å². The van der Waals surface area contributed by atoms with E-state index in [1.807, 2.05) is 13.8 Å². The molecule has 0 aromatic rings. The molecule has 3 amide bonds. The normalized spacial score (nSPS) is 16.2. The summed E-state index contributed by atoms with van der Waals surface area (Å²) in [5.74, 6) is 0.0590. The zero-order valence-corrected chi connectivity index (χ0v) is 11.0. The van der Waals surface area contributed by atoms with Crippen molar-refractivity contribution in [1.82, 2.24) is 15.5 Å². The van der Waals surface area contributed by atoms with Crippen molar-refractivity contribution in [3.63, 3.8) is 0 Å². The second kappa shape index (κ2) is 6.47. The second-order valence-electron chi connectivity index (χ2n) is 4.64. The lowest BCUT2D eigenvalue weighted by atomic mass is 10.2. The highest BCUT2D eigenvalue weighted by Gasteiger charge is 2.23. The molecule has 5 nitrogen and oxygen atoms in total. The minimum absolute atomic E-state index is 0.0590. The quantitative estimate of drug-likeness (QED) is 0.731. The third-order valence-electron chi connectivity index (χ3n) is 3.08. The first kappa shape index (κ1) is 13.8. The van der Waals surface area contributed by atoms with Crippen LogP contribution in [0.5, 0.6) is 0 Å². The van der Waals surface area contributed by atoms with E-state index >= 15 is 0 Å². The summed E-state index contributed by atoms with van der Waals surface area (Å²) in [6.45, 7) is 6.71. The molecule has 0 aromatic heterocycles. The van der Waals surface area contributed by atoms with Crippen LogP contribution in [0.25, 0.3) is 0 Å². The predicted molar refractivity (Wildman–Crippen MR) is 66.7 cm³/mol. The average Bonchev–Trinajstić information content (AvgIpc) is 3.06. The van der Waals surface area contributed by atoms with Crippen LogP contribution in [0.15, 0.2) is 0 Å². The average molecular weight is 241 g/mol. The Kier molecular flexibility index (Phi) is 5.25. The summed E-state index contributed by atoms with van der Waals surface area (Å²) in [7, 11) is 0. The van der Waals surface area contributed by atoms with Crippen LogP contribution in [0.2, 0.25) is 0 Å². The van der Waals surface area contributed by atoms with Crippen molar-refractivity contribution in [2.45, 2.75) is 52.1 Å². The summed E-state index contributed by atoms with van der Waals surface area (Å²) < 4.78 is 0. The molecule has 98 valence electrons. The fraction of sp³-hybridized carbons (Fsp3) is 0.833. The lowest BCUT2D eigenvalue weighted by Gasteiger charge is -2.27. The number of nitrogens with zero attached hydrogens (tertiary/aromatic N) is 1. The van der Waals surface area contributed by atoms with E-state index in [1.54, 1.807) is 11.8 Å². The first-order valence-electron chi connectivity index (χ1n) is 6.36. The van der Waals surface area contributed by atoms with Crippen molar-refractivity contribution in [3.05, 3.63) is 0 Å². The number of amides is 3. The molecule has 2 N–H and O–H groups in total. The molecule has 17 heavy (non-hydrogen) atoms. The molecule has 0 radical (unpaired) electrons. The van der Waals surface area contributed by atoms with Gasteiger partial charge in [-0.25, -0.2) is 4.79 Å². The Bertz CT molecular complexity index is 277. The molecule has 0 aliphatic heterocycles. The summed E-state index contributed by atoms with van der Waals surface area (Å²) in [6, 6.07) is 0.467. The van der Waals surface area contributed by atoms with E-state index < -0.39 is 0 Å². The van der Waals surface area contributed by atoms with Crippen LogP contribution < -0.4 is 10.6 Å². The maximum Gasteiger partial charge on any atom is 0.315 e. The van der Waals surface area contributed by atoms with Crippen molar-refractivity contribution in [2.24, 2.45) is 0 Å². The molecule has 0 bridgehead atoms. The predicted octanol–water partition coefficient (Wildman–Crippen LogP) is 1.10. The molecular weight excluding hydrogens is 218 g/mol. The summed E-state index contributed by atoms with van der Waals surface area (Å²) in [6.07, 6.45) is 3.09. The highest BCUT2D eigenvalue weighted by atomic mass is 16.2. The van der Waals surface area contributed by atoms with Gasteiger partial charge in [0.05, 0.1) is 0 Å². The van der Waals surface area contributed by atoms with Gasteiger partial charge in [0, 0.05) is 32.1 Å². The van der Waals surface area contributed by atoms with Crippen LogP contribution >= 0.6 is 0 Å². The number of hydrogen-bond donors (Lipinski definition) is 2. The Hall–Kier alpha value is -1.26. The maximum absolute atomic E-state index is 11.4. The fourth-order valence-electron chi connectivity index (χ4n) is 1.66. The second-order valence-corrected chi connectivity index (χ2v) is 4.64. The van der Waals surface area contributed by atoms with Crippen LogP contribution in [0, 0.1) is 0 Å². The molecule has 1 aliphatic rings. The smallest absolute Gasteiger partial charge is 0.315 e. The number of urea groups is 1. The first-order valence-corrected chi connectivity index (χ1v) is 6.36. The van der Waals surface area contributed by atoms with E-state index in [0.717, 1.165) is 19.3 Å². The van der Waals surface area contributed by atoms with Gasteiger partial charge in [-0.3, -0.25) is 4.79 Å². The summed E-state index contributed by atoms with van der Waals surface area (Å²) in [4.78, 5) is 24.6. The van der Waals surface area contributed by atoms with Crippen molar-refractivity contribution in [2.75, 3.05) is 13.1 Å². The minimum Gasteiger partial charge on any atom is -0.338 e. The van der Waals surface area contributed by atoms with Crippen molar-refractivity contribution < 1.29 is 9.59 Å². The van der Waals surface area contributed by atoms with E-state index in [4.69, 9.17) is 0 Å². The van der Waals surface area contributed by atoms with Gasteiger partial charge in [0.15, 0.2) is 0 Å². The molecule has 1 saturated carbocycles. The van der Waals surface area contributed by atoms with Gasteiger partial charge >= 0.3 is 6.03 Å². The van der Waals surface area contributed by atoms with Crippen LogP contribution in [0.1, 0.15) is 40.0 Å². The monoisotopic (exact) mass is 241 g/mol. The Morgan fingerprint density at radius 1 is 1.41 bits per heavy atom. The Balaban J connectivity index is 2.21. The molecule has 1 aliphatic carbocycles. The maximum atomic E-state index is 11.4. The summed E-state index contributed by atoms with van der Waals surface area (Å²) in [5.41, 5.74) is 0. The van der Waals surface area contributed by atoms with Crippen molar-refractivity contribution >= 4 is 11.9 Å². The summed E-state index contributed by atoms with van der Waals surface area (Å²) >= 11 is 0. The fourth-order valence-corrected chi connectivity index (χ4v) is 1.66. The van der Waals surface area contributed by atoms with Gasteiger partial charge in [-0.05, 0) is 26.2 Å². The highest BCUT2D eigenvalue weighted by molar-refractivity contribution is 5.75. The minimum atomic E-state index is -0.125. The lowest BCUT2D eigenvalue weighted by Crippen LogP contribution is -2.44. The Labute approximate surface area is 103 Å². The molecule has 0 spiro atoms. The van der Waals surface area contributed by atoms with Gasteiger partial charge in [0.2, 0.25) is 5.91 Å². The van der Waals surface area contributed by atoms with Crippen LogP contribution in [-0.2, 0) is 4.79 Å². The highest BCUT2D eigenvalue weighted by Crippen LogP contribution is 2.18. The topological polar surface area (TPSA) is 61.4 Å². The van der Waals surface area contributed by atoms with E-state index in [9.17, 15) is 9.59 Å². The SMILES string of the molecule is CCC(C)N(CCNC(=O)NC1CC1)C(C)=O. The Morgan fingerprint density at radius 3 is 2.53 bits per heavy atom. The number of rotatable bonds is 6. The van der Waals surface area contributed by atoms with E-state index in [0.29, 0.717) is 19.1 Å².